The van der Waals surface area contributed by atoms with E-state index in [4.69, 9.17) is 10.7 Å². The van der Waals surface area contributed by atoms with Crippen molar-refractivity contribution in [3.8, 4) is 0 Å². The summed E-state index contributed by atoms with van der Waals surface area (Å²) in [7, 11) is 0. The summed E-state index contributed by atoms with van der Waals surface area (Å²) in [5.41, 5.74) is 7.46. The van der Waals surface area contributed by atoms with Crippen LogP contribution in [-0.2, 0) is 17.9 Å². The quantitative estimate of drug-likeness (QED) is 0.291. The molecule has 0 aromatic carbocycles. The third-order valence-electron chi connectivity index (χ3n) is 4.98. The molecule has 0 unspecified atom stereocenters. The molecule has 0 atom stereocenters. The van der Waals surface area contributed by atoms with Gasteiger partial charge in [-0.1, -0.05) is 12.1 Å². The number of nitrogens with zero attached hydrogens (tertiary/aromatic N) is 4. The highest BCUT2D eigenvalue weighted by atomic mass is 127. The fourth-order valence-electron chi connectivity index (χ4n) is 3.40. The van der Waals surface area contributed by atoms with Crippen LogP contribution in [0.1, 0.15) is 31.0 Å². The maximum Gasteiger partial charge on any atom is 0.220 e. The predicted octanol–water partition coefficient (Wildman–Crippen LogP) is 2.05. The smallest absolute Gasteiger partial charge is 0.220 e. The number of halogens is 1. The monoisotopic (exact) mass is 523 g/mol. The number of primary amides is 1. The summed E-state index contributed by atoms with van der Waals surface area (Å²) in [6.45, 7) is 5.48. The standard InChI is InChI=1S/C21H29N7O.HI/c1-2-23-21(27-15-18-7-3-4-10-24-18)26-14-17-6-5-11-25-20(17)28-12-8-16(9-13-28)19(22)29;/h3-7,10-11,16H,2,8-9,12-15H2,1H3,(H2,22,29)(H2,23,26,27);1H. The summed E-state index contributed by atoms with van der Waals surface area (Å²) < 4.78 is 0. The molecule has 2 aromatic rings. The fourth-order valence-corrected chi connectivity index (χ4v) is 3.40. The summed E-state index contributed by atoms with van der Waals surface area (Å²) in [5.74, 6) is 1.43. The number of carbonyl (C=O) groups is 1. The lowest BCUT2D eigenvalue weighted by atomic mass is 9.96. The van der Waals surface area contributed by atoms with E-state index in [-0.39, 0.29) is 35.8 Å². The molecule has 3 heterocycles. The average molecular weight is 523 g/mol. The van der Waals surface area contributed by atoms with Gasteiger partial charge in [-0.15, -0.1) is 24.0 Å². The Morgan fingerprint density at radius 3 is 2.60 bits per heavy atom. The number of hydrogen-bond donors (Lipinski definition) is 3. The van der Waals surface area contributed by atoms with Crippen LogP contribution in [0.4, 0.5) is 5.82 Å². The first kappa shape index (κ1) is 23.8. The summed E-state index contributed by atoms with van der Waals surface area (Å²) >= 11 is 0. The van der Waals surface area contributed by atoms with Crippen LogP contribution in [0.15, 0.2) is 47.7 Å². The molecule has 1 aliphatic heterocycles. The van der Waals surface area contributed by atoms with Gasteiger partial charge in [0.25, 0.3) is 0 Å². The van der Waals surface area contributed by atoms with E-state index in [0.717, 1.165) is 55.5 Å². The van der Waals surface area contributed by atoms with Gasteiger partial charge in [0.2, 0.25) is 5.91 Å². The highest BCUT2D eigenvalue weighted by Crippen LogP contribution is 2.24. The molecule has 30 heavy (non-hydrogen) atoms. The molecule has 9 heteroatoms. The highest BCUT2D eigenvalue weighted by molar-refractivity contribution is 14.0. The van der Waals surface area contributed by atoms with E-state index in [1.54, 1.807) is 12.4 Å². The van der Waals surface area contributed by atoms with Crippen molar-refractivity contribution in [1.29, 1.82) is 0 Å². The molecule has 1 saturated heterocycles. The maximum atomic E-state index is 11.4. The van der Waals surface area contributed by atoms with Crippen molar-refractivity contribution in [3.63, 3.8) is 0 Å². The Hall–Kier alpha value is -2.43. The Balaban J connectivity index is 0.00000320. The van der Waals surface area contributed by atoms with Crippen molar-refractivity contribution in [2.24, 2.45) is 16.6 Å². The van der Waals surface area contributed by atoms with Crippen molar-refractivity contribution in [1.82, 2.24) is 20.6 Å². The Kier molecular flexibility index (Phi) is 9.78. The number of anilines is 1. The predicted molar refractivity (Wildman–Crippen MR) is 130 cm³/mol. The van der Waals surface area contributed by atoms with Crippen molar-refractivity contribution < 1.29 is 4.79 Å². The van der Waals surface area contributed by atoms with E-state index in [1.165, 1.54) is 0 Å². The lowest BCUT2D eigenvalue weighted by molar-refractivity contribution is -0.122. The summed E-state index contributed by atoms with van der Waals surface area (Å²) in [5, 5.41) is 6.58. The number of piperidine rings is 1. The fraction of sp³-hybridized carbons (Fsp3) is 0.429. The summed E-state index contributed by atoms with van der Waals surface area (Å²) in [6, 6.07) is 9.83. The van der Waals surface area contributed by atoms with Crippen LogP contribution in [0.5, 0.6) is 0 Å². The molecule has 2 aromatic heterocycles. The van der Waals surface area contributed by atoms with Crippen LogP contribution < -0.4 is 21.3 Å². The van der Waals surface area contributed by atoms with Crippen molar-refractivity contribution in [3.05, 3.63) is 54.0 Å². The molecule has 0 saturated carbocycles. The van der Waals surface area contributed by atoms with E-state index in [1.807, 2.05) is 37.3 Å². The Bertz CT molecular complexity index is 823. The largest absolute Gasteiger partial charge is 0.369 e. The van der Waals surface area contributed by atoms with Gasteiger partial charge < -0.3 is 21.3 Å². The zero-order valence-corrected chi connectivity index (χ0v) is 19.6. The molecule has 1 fully saturated rings. The van der Waals surface area contributed by atoms with Gasteiger partial charge in [-0.3, -0.25) is 9.78 Å². The highest BCUT2D eigenvalue weighted by Gasteiger charge is 2.24. The minimum Gasteiger partial charge on any atom is -0.369 e. The first-order valence-electron chi connectivity index (χ1n) is 10.1. The van der Waals surface area contributed by atoms with Crippen molar-refractivity contribution in [2.75, 3.05) is 24.5 Å². The molecule has 0 bridgehead atoms. The second-order valence-corrected chi connectivity index (χ2v) is 7.02. The van der Waals surface area contributed by atoms with E-state index >= 15 is 0 Å². The minimum atomic E-state index is -0.204. The lowest BCUT2D eigenvalue weighted by Gasteiger charge is -2.32. The van der Waals surface area contributed by atoms with E-state index < -0.39 is 0 Å². The summed E-state index contributed by atoms with van der Waals surface area (Å²) in [4.78, 5) is 27.3. The molecule has 0 aliphatic carbocycles. The zero-order valence-electron chi connectivity index (χ0n) is 17.3. The van der Waals surface area contributed by atoms with Gasteiger partial charge in [-0.2, -0.15) is 0 Å². The van der Waals surface area contributed by atoms with E-state index in [9.17, 15) is 4.79 Å². The van der Waals surface area contributed by atoms with Gasteiger partial charge in [-0.25, -0.2) is 9.98 Å². The first-order valence-corrected chi connectivity index (χ1v) is 10.1. The molecule has 3 rings (SSSR count). The van der Waals surface area contributed by atoms with Crippen LogP contribution in [-0.4, -0.2) is 41.5 Å². The van der Waals surface area contributed by atoms with Gasteiger partial charge >= 0.3 is 0 Å². The second-order valence-electron chi connectivity index (χ2n) is 7.02. The van der Waals surface area contributed by atoms with Crippen molar-refractivity contribution in [2.45, 2.75) is 32.9 Å². The molecule has 1 aliphatic rings. The number of nitrogens with one attached hydrogen (secondary N) is 2. The first-order chi connectivity index (χ1) is 14.2. The number of nitrogens with two attached hydrogens (primary N) is 1. The van der Waals surface area contributed by atoms with Gasteiger partial charge in [0, 0.05) is 43.5 Å². The molecule has 162 valence electrons. The Morgan fingerprint density at radius 1 is 1.17 bits per heavy atom. The molecule has 1 amide bonds. The number of aliphatic imine (C=N–C) groups is 1. The third kappa shape index (κ3) is 6.82. The SMILES string of the molecule is CCNC(=NCc1cccnc1N1CCC(C(N)=O)CC1)NCc1ccccn1.I. The maximum absolute atomic E-state index is 11.4. The number of hydrogen-bond acceptors (Lipinski definition) is 5. The van der Waals surface area contributed by atoms with Crippen LogP contribution in [0.25, 0.3) is 0 Å². The number of aromatic nitrogens is 2. The van der Waals surface area contributed by atoms with Crippen molar-refractivity contribution >= 4 is 41.7 Å². The third-order valence-corrected chi connectivity index (χ3v) is 4.98. The number of rotatable bonds is 7. The van der Waals surface area contributed by atoms with Gasteiger partial charge in [0.05, 0.1) is 18.8 Å². The number of carbonyl (C=O) groups excluding carboxylic acids is 1. The Morgan fingerprint density at radius 2 is 1.93 bits per heavy atom. The molecule has 4 N–H and O–H groups in total. The van der Waals surface area contributed by atoms with Crippen LogP contribution in [0.2, 0.25) is 0 Å². The van der Waals surface area contributed by atoms with Gasteiger partial charge in [-0.05, 0) is 38.0 Å². The van der Waals surface area contributed by atoms with Gasteiger partial charge in [0.15, 0.2) is 5.96 Å². The molecule has 8 nitrogen and oxygen atoms in total. The number of pyridine rings is 2. The topological polar surface area (TPSA) is 109 Å². The zero-order chi connectivity index (χ0) is 20.5. The average Bonchev–Trinajstić information content (AvgIpc) is 2.76. The van der Waals surface area contributed by atoms with Crippen LogP contribution in [0, 0.1) is 5.92 Å². The lowest BCUT2D eigenvalue weighted by Crippen LogP contribution is -2.39. The van der Waals surface area contributed by atoms with E-state index in [2.05, 4.69) is 25.5 Å². The van der Waals surface area contributed by atoms with Gasteiger partial charge in [0.1, 0.15) is 5.82 Å². The molecular formula is C21H30IN7O. The molecule has 0 radical (unpaired) electrons. The van der Waals surface area contributed by atoms with Crippen LogP contribution >= 0.6 is 24.0 Å². The number of guanidine groups is 1. The second kappa shape index (κ2) is 12.3. The number of amides is 1. The molecular weight excluding hydrogens is 493 g/mol. The normalized spacial score (nSPS) is 14.7. The minimum absolute atomic E-state index is 0. The summed E-state index contributed by atoms with van der Waals surface area (Å²) in [6.07, 6.45) is 5.11. The van der Waals surface area contributed by atoms with Crippen LogP contribution in [0.3, 0.4) is 0 Å². The Labute approximate surface area is 194 Å². The molecule has 0 spiro atoms. The van der Waals surface area contributed by atoms with E-state index in [0.29, 0.717) is 13.1 Å².